The third-order valence-corrected chi connectivity index (χ3v) is 3.85. The topological polar surface area (TPSA) is 17.8 Å². The molecule has 0 aliphatic rings. The minimum atomic E-state index is 0.875. The molecule has 3 rings (SSSR count). The summed E-state index contributed by atoms with van der Waals surface area (Å²) in [5.74, 6) is 2.64. The summed E-state index contributed by atoms with van der Waals surface area (Å²) in [7, 11) is 0. The molecule has 0 saturated carbocycles. The highest BCUT2D eigenvalue weighted by atomic mass is 15.3. The molecule has 0 radical (unpaired) electrons. The van der Waals surface area contributed by atoms with Crippen LogP contribution in [0.5, 0.6) is 0 Å². The molecular formula is C20H18N2. The molecule has 0 aliphatic carbocycles. The van der Waals surface area contributed by atoms with Crippen LogP contribution in [0.2, 0.25) is 0 Å². The molecule has 2 aromatic carbocycles. The van der Waals surface area contributed by atoms with Crippen molar-refractivity contribution in [3.8, 4) is 29.3 Å². The quantitative estimate of drug-likeness (QED) is 0.637. The lowest BCUT2D eigenvalue weighted by molar-refractivity contribution is 0.886. The first-order chi connectivity index (χ1) is 10.6. The van der Waals surface area contributed by atoms with Crippen molar-refractivity contribution in [2.45, 2.75) is 20.8 Å². The van der Waals surface area contributed by atoms with Gasteiger partial charge in [0.2, 0.25) is 0 Å². The van der Waals surface area contributed by atoms with Gasteiger partial charge in [-0.15, -0.1) is 6.42 Å². The van der Waals surface area contributed by atoms with E-state index in [-0.39, 0.29) is 0 Å². The van der Waals surface area contributed by atoms with E-state index in [0.29, 0.717) is 0 Å². The monoisotopic (exact) mass is 286 g/mol. The van der Waals surface area contributed by atoms with E-state index >= 15 is 0 Å². The van der Waals surface area contributed by atoms with Crippen molar-refractivity contribution in [3.05, 3.63) is 70.9 Å². The summed E-state index contributed by atoms with van der Waals surface area (Å²) >= 11 is 0. The molecule has 1 aromatic heterocycles. The summed E-state index contributed by atoms with van der Waals surface area (Å²) in [5.41, 5.74) is 8.04. The van der Waals surface area contributed by atoms with Gasteiger partial charge in [0.05, 0.1) is 17.6 Å². The van der Waals surface area contributed by atoms with Crippen LogP contribution in [0.4, 0.5) is 0 Å². The van der Waals surface area contributed by atoms with Gasteiger partial charge >= 0.3 is 0 Å². The fourth-order valence-corrected chi connectivity index (χ4v) is 2.98. The second-order valence-corrected chi connectivity index (χ2v) is 5.59. The van der Waals surface area contributed by atoms with Crippen molar-refractivity contribution in [2.24, 2.45) is 0 Å². The Hall–Kier alpha value is -2.79. The van der Waals surface area contributed by atoms with Gasteiger partial charge in [-0.25, -0.2) is 4.68 Å². The Labute approximate surface area is 131 Å². The zero-order valence-electron chi connectivity index (χ0n) is 13.1. The molecule has 0 bridgehead atoms. The van der Waals surface area contributed by atoms with Crippen LogP contribution >= 0.6 is 0 Å². The zero-order valence-corrected chi connectivity index (χ0v) is 13.1. The Morgan fingerprint density at radius 2 is 1.59 bits per heavy atom. The lowest BCUT2D eigenvalue weighted by atomic mass is 9.97. The van der Waals surface area contributed by atoms with E-state index in [2.05, 4.69) is 50.0 Å². The lowest BCUT2D eigenvalue weighted by Crippen LogP contribution is -2.01. The van der Waals surface area contributed by atoms with Crippen LogP contribution in [-0.4, -0.2) is 9.78 Å². The Kier molecular flexibility index (Phi) is 3.56. The van der Waals surface area contributed by atoms with Gasteiger partial charge in [0.15, 0.2) is 0 Å². The third kappa shape index (κ3) is 2.42. The Morgan fingerprint density at radius 3 is 2.18 bits per heavy atom. The predicted molar refractivity (Wildman–Crippen MR) is 91.1 cm³/mol. The maximum absolute atomic E-state index is 5.42. The first-order valence-corrected chi connectivity index (χ1v) is 7.29. The molecule has 0 spiro atoms. The maximum Gasteiger partial charge on any atom is 0.0746 e. The van der Waals surface area contributed by atoms with E-state index in [4.69, 9.17) is 6.42 Å². The van der Waals surface area contributed by atoms with Gasteiger partial charge in [-0.3, -0.25) is 0 Å². The van der Waals surface area contributed by atoms with E-state index in [1.807, 2.05) is 35.1 Å². The van der Waals surface area contributed by atoms with Crippen LogP contribution < -0.4 is 0 Å². The molecule has 108 valence electrons. The molecule has 0 unspecified atom stereocenters. The zero-order chi connectivity index (χ0) is 15.7. The second kappa shape index (κ2) is 5.54. The highest BCUT2D eigenvalue weighted by Gasteiger charge is 2.12. The Balaban J connectivity index is 2.15. The van der Waals surface area contributed by atoms with Crippen LogP contribution in [0.1, 0.15) is 22.3 Å². The van der Waals surface area contributed by atoms with Gasteiger partial charge in [-0.2, -0.15) is 5.10 Å². The fraction of sp³-hybridized carbons (Fsp3) is 0.150. The normalized spacial score (nSPS) is 10.5. The number of aromatic nitrogens is 2. The van der Waals surface area contributed by atoms with Gasteiger partial charge in [-0.05, 0) is 62.2 Å². The van der Waals surface area contributed by atoms with Crippen molar-refractivity contribution in [1.82, 2.24) is 9.78 Å². The number of hydrogen-bond donors (Lipinski definition) is 0. The number of nitrogens with zero attached hydrogens (tertiary/aromatic N) is 2. The van der Waals surface area contributed by atoms with Gasteiger partial charge in [0.25, 0.3) is 0 Å². The number of aryl methyl sites for hydroxylation is 3. The van der Waals surface area contributed by atoms with Crippen LogP contribution in [0.3, 0.4) is 0 Å². The Morgan fingerprint density at radius 1 is 0.955 bits per heavy atom. The van der Waals surface area contributed by atoms with E-state index in [1.54, 1.807) is 0 Å². The molecule has 3 aromatic rings. The van der Waals surface area contributed by atoms with E-state index in [1.165, 1.54) is 22.3 Å². The van der Waals surface area contributed by atoms with E-state index in [0.717, 1.165) is 16.9 Å². The first kappa shape index (κ1) is 14.2. The Bertz CT molecular complexity index is 838. The molecule has 0 amide bonds. The van der Waals surface area contributed by atoms with Crippen LogP contribution in [0.15, 0.2) is 48.7 Å². The molecule has 0 atom stereocenters. The molecule has 0 saturated heterocycles. The van der Waals surface area contributed by atoms with Gasteiger partial charge in [0, 0.05) is 11.1 Å². The molecule has 1 heterocycles. The van der Waals surface area contributed by atoms with Crippen molar-refractivity contribution < 1.29 is 0 Å². The second-order valence-electron chi connectivity index (χ2n) is 5.59. The minimum Gasteiger partial charge on any atom is -0.233 e. The largest absolute Gasteiger partial charge is 0.233 e. The lowest BCUT2D eigenvalue weighted by Gasteiger charge is -2.14. The van der Waals surface area contributed by atoms with Crippen molar-refractivity contribution in [3.63, 3.8) is 0 Å². The number of benzene rings is 2. The first-order valence-electron chi connectivity index (χ1n) is 7.29. The van der Waals surface area contributed by atoms with Crippen LogP contribution in [0, 0.1) is 33.1 Å². The molecule has 22 heavy (non-hydrogen) atoms. The molecule has 0 N–H and O–H groups in total. The summed E-state index contributed by atoms with van der Waals surface area (Å²) in [5, 5.41) is 4.49. The predicted octanol–water partition coefficient (Wildman–Crippen LogP) is 4.45. The molecular weight excluding hydrogens is 268 g/mol. The molecule has 0 fully saturated rings. The maximum atomic E-state index is 5.42. The number of rotatable bonds is 2. The summed E-state index contributed by atoms with van der Waals surface area (Å²) < 4.78 is 1.96. The van der Waals surface area contributed by atoms with Crippen molar-refractivity contribution >= 4 is 0 Å². The smallest absolute Gasteiger partial charge is 0.0746 e. The standard InChI is InChI=1S/C20H18N2/c1-5-17-6-8-18(9-7-17)22-19(10-11-21-22)20-15(3)12-14(2)13-16(20)4/h1,6-13H,2-4H3. The van der Waals surface area contributed by atoms with Crippen LogP contribution in [0.25, 0.3) is 16.9 Å². The summed E-state index contributed by atoms with van der Waals surface area (Å²) in [6, 6.07) is 14.4. The molecule has 2 heteroatoms. The average Bonchev–Trinajstić information content (AvgIpc) is 2.95. The summed E-state index contributed by atoms with van der Waals surface area (Å²) in [4.78, 5) is 0. The SMILES string of the molecule is C#Cc1ccc(-n2nccc2-c2c(C)cc(C)cc2C)cc1. The van der Waals surface area contributed by atoms with Gasteiger partial charge in [0.1, 0.15) is 0 Å². The summed E-state index contributed by atoms with van der Waals surface area (Å²) in [6.07, 6.45) is 7.26. The number of hydrogen-bond acceptors (Lipinski definition) is 1. The number of terminal acetylenes is 1. The van der Waals surface area contributed by atoms with Crippen molar-refractivity contribution in [1.29, 1.82) is 0 Å². The van der Waals surface area contributed by atoms with Gasteiger partial charge in [-0.1, -0.05) is 23.6 Å². The van der Waals surface area contributed by atoms with Gasteiger partial charge < -0.3 is 0 Å². The average molecular weight is 286 g/mol. The highest BCUT2D eigenvalue weighted by molar-refractivity contribution is 5.70. The van der Waals surface area contributed by atoms with Crippen LogP contribution in [-0.2, 0) is 0 Å². The van der Waals surface area contributed by atoms with Crippen molar-refractivity contribution in [2.75, 3.05) is 0 Å². The van der Waals surface area contributed by atoms with E-state index in [9.17, 15) is 0 Å². The molecule has 0 aliphatic heterocycles. The third-order valence-electron chi connectivity index (χ3n) is 3.85. The summed E-state index contributed by atoms with van der Waals surface area (Å²) in [6.45, 7) is 6.42. The van der Waals surface area contributed by atoms with E-state index < -0.39 is 0 Å². The highest BCUT2D eigenvalue weighted by Crippen LogP contribution is 2.29. The fourth-order valence-electron chi connectivity index (χ4n) is 2.98. The minimum absolute atomic E-state index is 0.875. The molecule has 2 nitrogen and oxygen atoms in total.